The number of fused-ring (bicyclic) bond motifs is 2. The molecule has 0 saturated carbocycles. The highest BCUT2D eigenvalue weighted by Gasteiger charge is 2.22. The number of hydrogen-bond acceptors (Lipinski definition) is 5. The van der Waals surface area contributed by atoms with E-state index in [1.165, 1.54) is 22.3 Å². The van der Waals surface area contributed by atoms with E-state index >= 15 is 0 Å². The zero-order valence-corrected chi connectivity index (χ0v) is 17.8. The minimum atomic E-state index is -1.28. The number of nitrogens with one attached hydrogen (secondary N) is 1. The van der Waals surface area contributed by atoms with E-state index in [1.807, 2.05) is 18.2 Å². The molecular formula is C24H19F2N5O3. The van der Waals surface area contributed by atoms with Crippen LogP contribution in [0.3, 0.4) is 0 Å². The number of aromatic carboxylic acids is 1. The number of carbonyl (C=O) groups excluding carboxylic acids is 1. The summed E-state index contributed by atoms with van der Waals surface area (Å²) < 4.78 is 27.7. The van der Waals surface area contributed by atoms with Gasteiger partial charge in [-0.2, -0.15) is 5.10 Å². The molecule has 1 aliphatic carbocycles. The zero-order valence-electron chi connectivity index (χ0n) is 17.8. The highest BCUT2D eigenvalue weighted by Crippen LogP contribution is 2.30. The number of halogens is 2. The molecule has 0 aliphatic heterocycles. The molecule has 172 valence electrons. The molecule has 1 amide bonds. The molecule has 0 fully saturated rings. The lowest BCUT2D eigenvalue weighted by molar-refractivity contribution is 0.0687. The Balaban J connectivity index is 1.50. The molecule has 2 aromatic carbocycles. The van der Waals surface area contributed by atoms with Crippen molar-refractivity contribution >= 4 is 17.5 Å². The Kier molecular flexibility index (Phi) is 5.29. The smallest absolute Gasteiger partial charge is 0.354 e. The Bertz CT molecular complexity index is 1470. The van der Waals surface area contributed by atoms with Crippen LogP contribution in [0.15, 0.2) is 48.7 Å². The summed E-state index contributed by atoms with van der Waals surface area (Å²) in [5, 5.41) is 16.4. The summed E-state index contributed by atoms with van der Waals surface area (Å²) in [5.41, 5.74) is 9.87. The van der Waals surface area contributed by atoms with Crippen LogP contribution in [0, 0.1) is 11.6 Å². The van der Waals surface area contributed by atoms with Crippen LogP contribution in [0.1, 0.15) is 37.7 Å². The zero-order chi connectivity index (χ0) is 24.0. The second kappa shape index (κ2) is 8.31. The molecule has 0 bridgehead atoms. The summed E-state index contributed by atoms with van der Waals surface area (Å²) >= 11 is 0. The largest absolute Gasteiger partial charge is 0.477 e. The van der Waals surface area contributed by atoms with Gasteiger partial charge in [-0.3, -0.25) is 4.79 Å². The van der Waals surface area contributed by atoms with Gasteiger partial charge < -0.3 is 16.2 Å². The summed E-state index contributed by atoms with van der Waals surface area (Å²) in [6, 6.07) is 10.3. The monoisotopic (exact) mass is 463 g/mol. The molecular weight excluding hydrogens is 444 g/mol. The number of aromatic nitrogens is 3. The van der Waals surface area contributed by atoms with Gasteiger partial charge in [-0.1, -0.05) is 24.3 Å². The minimum Gasteiger partial charge on any atom is -0.477 e. The number of nitrogens with two attached hydrogens (primary N) is 1. The molecule has 34 heavy (non-hydrogen) atoms. The van der Waals surface area contributed by atoms with E-state index < -0.39 is 23.5 Å². The van der Waals surface area contributed by atoms with Gasteiger partial charge in [0.05, 0.1) is 6.20 Å². The predicted molar refractivity (Wildman–Crippen MR) is 118 cm³/mol. The van der Waals surface area contributed by atoms with E-state index in [0.717, 1.165) is 42.2 Å². The van der Waals surface area contributed by atoms with Gasteiger partial charge in [-0.25, -0.2) is 23.1 Å². The first-order chi connectivity index (χ1) is 16.3. The van der Waals surface area contributed by atoms with Crippen LogP contribution in [0.25, 0.3) is 16.8 Å². The van der Waals surface area contributed by atoms with E-state index in [2.05, 4.69) is 15.4 Å². The van der Waals surface area contributed by atoms with E-state index in [1.54, 1.807) is 0 Å². The molecule has 4 aromatic rings. The summed E-state index contributed by atoms with van der Waals surface area (Å²) in [7, 11) is 0. The number of hydrogen-bond donors (Lipinski definition) is 3. The molecule has 1 unspecified atom stereocenters. The van der Waals surface area contributed by atoms with Gasteiger partial charge in [0.2, 0.25) is 0 Å². The lowest BCUT2D eigenvalue weighted by Crippen LogP contribution is -2.25. The van der Waals surface area contributed by atoms with Crippen molar-refractivity contribution in [2.75, 3.05) is 0 Å². The lowest BCUT2D eigenvalue weighted by atomic mass is 10.0. The second-order valence-electron chi connectivity index (χ2n) is 8.21. The van der Waals surface area contributed by atoms with E-state index in [-0.39, 0.29) is 29.6 Å². The highest BCUT2D eigenvalue weighted by molar-refractivity contribution is 5.97. The van der Waals surface area contributed by atoms with Crippen molar-refractivity contribution in [2.45, 2.75) is 25.4 Å². The number of amides is 1. The van der Waals surface area contributed by atoms with E-state index in [9.17, 15) is 23.5 Å². The van der Waals surface area contributed by atoms with Crippen molar-refractivity contribution < 1.29 is 23.5 Å². The molecule has 1 aliphatic rings. The van der Waals surface area contributed by atoms with Crippen LogP contribution in [0.2, 0.25) is 0 Å². The number of carbonyl (C=O) groups is 2. The quantitative estimate of drug-likeness (QED) is 0.418. The third-order valence-corrected chi connectivity index (χ3v) is 5.84. The molecule has 2 aromatic heterocycles. The van der Waals surface area contributed by atoms with Gasteiger partial charge >= 0.3 is 5.97 Å². The van der Waals surface area contributed by atoms with E-state index in [4.69, 9.17) is 5.73 Å². The van der Waals surface area contributed by atoms with Crippen LogP contribution in [0.5, 0.6) is 0 Å². The van der Waals surface area contributed by atoms with Crippen molar-refractivity contribution in [3.63, 3.8) is 0 Å². The molecule has 0 saturated heterocycles. The molecule has 1 atom stereocenters. The van der Waals surface area contributed by atoms with Crippen LogP contribution < -0.4 is 11.1 Å². The Labute approximate surface area is 192 Å². The van der Waals surface area contributed by atoms with Gasteiger partial charge in [-0.15, -0.1) is 0 Å². The number of nitrogens with zero attached hydrogens (tertiary/aromatic N) is 3. The van der Waals surface area contributed by atoms with Crippen LogP contribution in [0.4, 0.5) is 8.78 Å². The van der Waals surface area contributed by atoms with Crippen molar-refractivity contribution in [3.8, 4) is 11.1 Å². The van der Waals surface area contributed by atoms with Crippen molar-refractivity contribution in [2.24, 2.45) is 5.73 Å². The third-order valence-electron chi connectivity index (χ3n) is 5.84. The Hall–Kier alpha value is -4.18. The fourth-order valence-corrected chi connectivity index (χ4v) is 4.18. The SMILES string of the molecule is NC1Cc2ccc(-c3cnn4c(C(=O)O)cc(C(=O)NCc5ccc(F)c(F)c5)nc34)cc2C1. The average molecular weight is 463 g/mol. The van der Waals surface area contributed by atoms with Crippen LogP contribution >= 0.6 is 0 Å². The number of carboxylic acids is 1. The van der Waals surface area contributed by atoms with Gasteiger partial charge in [0.15, 0.2) is 23.0 Å². The van der Waals surface area contributed by atoms with Crippen molar-refractivity contribution in [1.82, 2.24) is 19.9 Å². The number of rotatable bonds is 5. The number of carboxylic acid groups (broad SMARTS) is 1. The highest BCUT2D eigenvalue weighted by atomic mass is 19.2. The van der Waals surface area contributed by atoms with Crippen LogP contribution in [-0.4, -0.2) is 37.6 Å². The average Bonchev–Trinajstić information content (AvgIpc) is 3.40. The first-order valence-electron chi connectivity index (χ1n) is 10.5. The van der Waals surface area contributed by atoms with E-state index in [0.29, 0.717) is 11.1 Å². The molecule has 0 spiro atoms. The van der Waals surface area contributed by atoms with Gasteiger partial charge in [0.25, 0.3) is 5.91 Å². The fraction of sp³-hybridized carbons (Fsp3) is 0.167. The third kappa shape index (κ3) is 3.88. The maximum absolute atomic E-state index is 13.4. The van der Waals surface area contributed by atoms with Gasteiger partial charge in [-0.05, 0) is 47.2 Å². The first-order valence-corrected chi connectivity index (χ1v) is 10.5. The molecule has 5 rings (SSSR count). The summed E-state index contributed by atoms with van der Waals surface area (Å²) in [5.74, 6) is -3.97. The Morgan fingerprint density at radius 3 is 2.65 bits per heavy atom. The normalized spacial score (nSPS) is 14.9. The summed E-state index contributed by atoms with van der Waals surface area (Å²) in [6.45, 7) is -0.0947. The van der Waals surface area contributed by atoms with Gasteiger partial charge in [0, 0.05) is 24.2 Å². The second-order valence-corrected chi connectivity index (χ2v) is 8.21. The standard InChI is InChI=1S/C24H19F2N5O3/c25-18-4-1-12(5-19(18)26)10-28-23(32)20-9-21(24(33)34)31-22(30-20)17(11-29-31)14-3-2-13-7-16(27)8-15(13)6-14/h1-6,9,11,16H,7-8,10,27H2,(H,28,32)(H,33,34). The maximum atomic E-state index is 13.4. The predicted octanol–water partition coefficient (Wildman–Crippen LogP) is 2.73. The molecule has 4 N–H and O–H groups in total. The Morgan fingerprint density at radius 1 is 1.09 bits per heavy atom. The van der Waals surface area contributed by atoms with Crippen molar-refractivity contribution in [3.05, 3.63) is 88.4 Å². The molecule has 10 heteroatoms. The van der Waals surface area contributed by atoms with Gasteiger partial charge in [0.1, 0.15) is 5.69 Å². The fourth-order valence-electron chi connectivity index (χ4n) is 4.18. The first kappa shape index (κ1) is 21.7. The lowest BCUT2D eigenvalue weighted by Gasteiger charge is -2.09. The minimum absolute atomic E-state index is 0.0655. The summed E-state index contributed by atoms with van der Waals surface area (Å²) in [6.07, 6.45) is 3.05. The molecule has 0 radical (unpaired) electrons. The summed E-state index contributed by atoms with van der Waals surface area (Å²) in [4.78, 5) is 29.0. The van der Waals surface area contributed by atoms with Crippen molar-refractivity contribution in [1.29, 1.82) is 0 Å². The number of benzene rings is 2. The molecule has 2 heterocycles. The maximum Gasteiger partial charge on any atom is 0.354 e. The van der Waals surface area contributed by atoms with Crippen LogP contribution in [-0.2, 0) is 19.4 Å². The topological polar surface area (TPSA) is 123 Å². The Morgan fingerprint density at radius 2 is 1.88 bits per heavy atom. The molecule has 8 nitrogen and oxygen atoms in total.